The minimum atomic E-state index is -0.379. The monoisotopic (exact) mass is 463 g/mol. The summed E-state index contributed by atoms with van der Waals surface area (Å²) in [4.78, 5) is 39.7. The Kier molecular flexibility index (Phi) is 6.12. The van der Waals surface area contributed by atoms with Gasteiger partial charge in [-0.25, -0.2) is 9.97 Å². The van der Waals surface area contributed by atoms with E-state index in [1.807, 2.05) is 0 Å². The van der Waals surface area contributed by atoms with Crippen molar-refractivity contribution in [3.05, 3.63) is 63.1 Å². The highest BCUT2D eigenvalue weighted by Gasteiger charge is 2.25. The standard InChI is InChI=1S/C19H15Cl2N5O3S/c20-11-1-2-15(12(21)7-11)29-10-17(27)26-6-3-13-16(9-26)30-19(24-13)25-18(28)14-8-22-4-5-23-14/h1-2,4-5,7-8H,3,6,9-10H2,(H,24,25,28). The van der Waals surface area contributed by atoms with Crippen molar-refractivity contribution in [2.75, 3.05) is 18.5 Å². The van der Waals surface area contributed by atoms with E-state index >= 15 is 0 Å². The molecule has 3 heterocycles. The molecular weight excluding hydrogens is 449 g/mol. The van der Waals surface area contributed by atoms with E-state index in [-0.39, 0.29) is 24.1 Å². The Labute approximate surface area is 185 Å². The minimum absolute atomic E-state index is 0.133. The van der Waals surface area contributed by atoms with Gasteiger partial charge < -0.3 is 9.64 Å². The zero-order chi connectivity index (χ0) is 21.1. The van der Waals surface area contributed by atoms with Crippen LogP contribution in [0.5, 0.6) is 5.75 Å². The van der Waals surface area contributed by atoms with Gasteiger partial charge in [-0.1, -0.05) is 34.5 Å². The average molecular weight is 464 g/mol. The number of aromatic nitrogens is 3. The average Bonchev–Trinajstić information content (AvgIpc) is 3.15. The first kappa shape index (κ1) is 20.5. The van der Waals surface area contributed by atoms with Crippen molar-refractivity contribution in [1.29, 1.82) is 0 Å². The van der Waals surface area contributed by atoms with E-state index in [9.17, 15) is 9.59 Å². The van der Waals surface area contributed by atoms with Crippen LogP contribution in [0.15, 0.2) is 36.8 Å². The van der Waals surface area contributed by atoms with Crippen LogP contribution in [0.2, 0.25) is 10.0 Å². The van der Waals surface area contributed by atoms with Crippen LogP contribution in [0.4, 0.5) is 5.13 Å². The number of carbonyl (C=O) groups excluding carboxylic acids is 2. The fraction of sp³-hybridized carbons (Fsp3) is 0.211. The summed E-state index contributed by atoms with van der Waals surface area (Å²) in [5.74, 6) is -0.139. The molecule has 0 unspecified atom stereocenters. The summed E-state index contributed by atoms with van der Waals surface area (Å²) < 4.78 is 5.54. The molecule has 0 radical (unpaired) electrons. The number of carbonyl (C=O) groups is 2. The Bertz CT molecular complexity index is 1090. The molecule has 0 saturated carbocycles. The third kappa shape index (κ3) is 4.69. The number of ether oxygens (including phenoxy) is 1. The summed E-state index contributed by atoms with van der Waals surface area (Å²) in [6.07, 6.45) is 4.93. The lowest BCUT2D eigenvalue weighted by Crippen LogP contribution is -2.38. The molecule has 8 nitrogen and oxygen atoms in total. The summed E-state index contributed by atoms with van der Waals surface area (Å²) in [6, 6.07) is 4.83. The number of hydrogen-bond donors (Lipinski definition) is 1. The molecule has 154 valence electrons. The van der Waals surface area contributed by atoms with Crippen molar-refractivity contribution < 1.29 is 14.3 Å². The smallest absolute Gasteiger partial charge is 0.277 e. The highest BCUT2D eigenvalue weighted by Crippen LogP contribution is 2.30. The van der Waals surface area contributed by atoms with E-state index in [0.29, 0.717) is 40.4 Å². The van der Waals surface area contributed by atoms with Crippen molar-refractivity contribution in [2.24, 2.45) is 0 Å². The molecule has 0 aliphatic carbocycles. The Morgan fingerprint density at radius 1 is 1.27 bits per heavy atom. The number of nitrogens with zero attached hydrogens (tertiary/aromatic N) is 4. The molecule has 0 atom stereocenters. The minimum Gasteiger partial charge on any atom is -0.482 e. The molecule has 0 spiro atoms. The van der Waals surface area contributed by atoms with E-state index in [0.717, 1.165) is 10.6 Å². The van der Waals surface area contributed by atoms with Crippen molar-refractivity contribution in [2.45, 2.75) is 13.0 Å². The summed E-state index contributed by atoms with van der Waals surface area (Å²) in [6.45, 7) is 0.793. The zero-order valence-corrected chi connectivity index (χ0v) is 17.8. The van der Waals surface area contributed by atoms with Crippen LogP contribution < -0.4 is 10.1 Å². The van der Waals surface area contributed by atoms with Crippen LogP contribution in [-0.2, 0) is 17.8 Å². The molecule has 1 aromatic carbocycles. The lowest BCUT2D eigenvalue weighted by Gasteiger charge is -2.26. The second kappa shape index (κ2) is 8.95. The van der Waals surface area contributed by atoms with Crippen molar-refractivity contribution in [3.63, 3.8) is 0 Å². The predicted molar refractivity (Wildman–Crippen MR) is 113 cm³/mol. The van der Waals surface area contributed by atoms with E-state index < -0.39 is 0 Å². The third-order valence-corrected chi connectivity index (χ3v) is 5.87. The largest absolute Gasteiger partial charge is 0.482 e. The molecule has 3 aromatic rings. The Morgan fingerprint density at radius 3 is 2.90 bits per heavy atom. The second-order valence-electron chi connectivity index (χ2n) is 6.36. The number of hydrogen-bond acceptors (Lipinski definition) is 7. The van der Waals surface area contributed by atoms with Gasteiger partial charge in [-0.05, 0) is 18.2 Å². The van der Waals surface area contributed by atoms with Crippen LogP contribution in [0.1, 0.15) is 21.1 Å². The van der Waals surface area contributed by atoms with E-state index in [2.05, 4.69) is 20.3 Å². The first-order valence-electron chi connectivity index (χ1n) is 8.91. The molecule has 2 amide bonds. The summed E-state index contributed by atoms with van der Waals surface area (Å²) in [5, 5.41) is 4.04. The van der Waals surface area contributed by atoms with Gasteiger partial charge in [0, 0.05) is 35.3 Å². The van der Waals surface area contributed by atoms with E-state index in [4.69, 9.17) is 27.9 Å². The second-order valence-corrected chi connectivity index (χ2v) is 8.29. The number of benzene rings is 1. The normalized spacial score (nSPS) is 12.9. The summed E-state index contributed by atoms with van der Waals surface area (Å²) >= 11 is 13.3. The fourth-order valence-corrected chi connectivity index (χ4v) is 4.34. The van der Waals surface area contributed by atoms with Crippen molar-refractivity contribution >= 4 is 51.5 Å². The fourth-order valence-electron chi connectivity index (χ4n) is 2.86. The number of thiazole rings is 1. The maximum Gasteiger partial charge on any atom is 0.277 e. The van der Waals surface area contributed by atoms with Gasteiger partial charge in [-0.2, -0.15) is 0 Å². The van der Waals surface area contributed by atoms with Gasteiger partial charge >= 0.3 is 0 Å². The van der Waals surface area contributed by atoms with Crippen molar-refractivity contribution in [3.8, 4) is 5.75 Å². The molecule has 1 aliphatic rings. The molecule has 1 aliphatic heterocycles. The van der Waals surface area contributed by atoms with Crippen LogP contribution >= 0.6 is 34.5 Å². The quantitative estimate of drug-likeness (QED) is 0.621. The van der Waals surface area contributed by atoms with Gasteiger partial charge in [0.15, 0.2) is 11.7 Å². The third-order valence-electron chi connectivity index (χ3n) is 4.35. The first-order valence-corrected chi connectivity index (χ1v) is 10.5. The first-order chi connectivity index (χ1) is 14.5. The van der Waals surface area contributed by atoms with E-state index in [1.165, 1.54) is 29.9 Å². The molecular formula is C19H15Cl2N5O3S. The highest BCUT2D eigenvalue weighted by molar-refractivity contribution is 7.15. The van der Waals surface area contributed by atoms with Crippen LogP contribution in [-0.4, -0.2) is 44.8 Å². The molecule has 1 N–H and O–H groups in total. The molecule has 11 heteroatoms. The molecule has 0 bridgehead atoms. The number of nitrogens with one attached hydrogen (secondary N) is 1. The van der Waals surface area contributed by atoms with E-state index in [1.54, 1.807) is 23.1 Å². The van der Waals surface area contributed by atoms with Crippen LogP contribution in [0, 0.1) is 0 Å². The lowest BCUT2D eigenvalue weighted by molar-refractivity contribution is -0.134. The van der Waals surface area contributed by atoms with Crippen LogP contribution in [0.3, 0.4) is 0 Å². The predicted octanol–water partition coefficient (Wildman–Crippen LogP) is 3.46. The Balaban J connectivity index is 1.36. The zero-order valence-electron chi connectivity index (χ0n) is 15.5. The number of amides is 2. The lowest BCUT2D eigenvalue weighted by atomic mass is 10.2. The number of rotatable bonds is 5. The molecule has 0 saturated heterocycles. The maximum atomic E-state index is 12.6. The number of fused-ring (bicyclic) bond motifs is 1. The SMILES string of the molecule is O=C(Nc1nc2c(s1)CN(C(=O)COc1ccc(Cl)cc1Cl)CC2)c1cnccn1. The summed E-state index contributed by atoms with van der Waals surface area (Å²) in [5.41, 5.74) is 1.08. The topological polar surface area (TPSA) is 97.3 Å². The van der Waals surface area contributed by atoms with Crippen LogP contribution in [0.25, 0.3) is 0 Å². The Morgan fingerprint density at radius 2 is 2.13 bits per heavy atom. The van der Waals surface area contributed by atoms with Gasteiger partial charge in [-0.3, -0.25) is 19.9 Å². The van der Waals surface area contributed by atoms with Gasteiger partial charge in [0.1, 0.15) is 11.4 Å². The molecule has 2 aromatic heterocycles. The molecule has 30 heavy (non-hydrogen) atoms. The van der Waals surface area contributed by atoms with Gasteiger partial charge in [-0.15, -0.1) is 0 Å². The Hall–Kier alpha value is -2.75. The van der Waals surface area contributed by atoms with Gasteiger partial charge in [0.05, 0.1) is 23.5 Å². The molecule has 0 fully saturated rings. The van der Waals surface area contributed by atoms with Gasteiger partial charge in [0.25, 0.3) is 11.8 Å². The number of anilines is 1. The van der Waals surface area contributed by atoms with Crippen molar-refractivity contribution in [1.82, 2.24) is 19.9 Å². The molecule has 4 rings (SSSR count). The van der Waals surface area contributed by atoms with Gasteiger partial charge in [0.2, 0.25) is 0 Å². The number of halogens is 2. The highest BCUT2D eigenvalue weighted by atomic mass is 35.5. The maximum absolute atomic E-state index is 12.6. The summed E-state index contributed by atoms with van der Waals surface area (Å²) in [7, 11) is 0.